The summed E-state index contributed by atoms with van der Waals surface area (Å²) < 4.78 is 27.7. The van der Waals surface area contributed by atoms with Crippen molar-refractivity contribution in [2.24, 2.45) is 7.05 Å². The Morgan fingerprint density at radius 2 is 1.90 bits per heavy atom. The molecular weight excluding hydrogens is 458 g/mol. The standard InChI is InChI=1S/C18H23N7O3S3/c1-5-16-21-22-17(30-16)19-15(26)11-29-18-23-20-14(24(18)3)10-25(31(4,27)28)13-8-6-12(2)7-9-13/h6-9H,5,10-11H2,1-4H3,(H,19,22,26). The van der Waals surface area contributed by atoms with Crippen LogP contribution in [0.2, 0.25) is 0 Å². The van der Waals surface area contributed by atoms with Crippen molar-refractivity contribution in [3.8, 4) is 0 Å². The number of rotatable bonds is 9. The molecule has 0 radical (unpaired) electrons. The maximum absolute atomic E-state index is 12.4. The minimum Gasteiger partial charge on any atom is -0.308 e. The van der Waals surface area contributed by atoms with Gasteiger partial charge in [0.15, 0.2) is 11.0 Å². The van der Waals surface area contributed by atoms with Gasteiger partial charge in [0, 0.05) is 7.05 Å². The molecule has 31 heavy (non-hydrogen) atoms. The highest BCUT2D eigenvalue weighted by molar-refractivity contribution is 7.99. The summed E-state index contributed by atoms with van der Waals surface area (Å²) in [5, 5.41) is 20.7. The number of nitrogens with zero attached hydrogens (tertiary/aromatic N) is 6. The van der Waals surface area contributed by atoms with E-state index in [1.54, 1.807) is 23.7 Å². The smallest absolute Gasteiger partial charge is 0.236 e. The number of nitrogens with one attached hydrogen (secondary N) is 1. The molecule has 1 N–H and O–H groups in total. The van der Waals surface area contributed by atoms with Crippen LogP contribution in [0, 0.1) is 6.92 Å². The van der Waals surface area contributed by atoms with Gasteiger partial charge in [-0.2, -0.15) is 0 Å². The van der Waals surface area contributed by atoms with E-state index in [-0.39, 0.29) is 18.2 Å². The topological polar surface area (TPSA) is 123 Å². The summed E-state index contributed by atoms with van der Waals surface area (Å²) in [7, 11) is -1.79. The van der Waals surface area contributed by atoms with Crippen LogP contribution >= 0.6 is 23.1 Å². The van der Waals surface area contributed by atoms with Crippen molar-refractivity contribution < 1.29 is 13.2 Å². The third-order valence-corrected chi connectivity index (χ3v) is 7.42. The summed E-state index contributed by atoms with van der Waals surface area (Å²) in [6, 6.07) is 7.21. The number of benzene rings is 1. The molecule has 0 bridgehead atoms. The molecule has 3 aromatic rings. The number of aromatic nitrogens is 5. The summed E-state index contributed by atoms with van der Waals surface area (Å²) in [4.78, 5) is 12.2. The Labute approximate surface area is 189 Å². The fourth-order valence-electron chi connectivity index (χ4n) is 2.58. The molecule has 3 rings (SSSR count). The molecule has 0 saturated carbocycles. The fourth-order valence-corrected chi connectivity index (χ4v) is 4.86. The number of hydrogen-bond acceptors (Lipinski definition) is 9. The Morgan fingerprint density at radius 1 is 1.19 bits per heavy atom. The van der Waals surface area contributed by atoms with E-state index < -0.39 is 10.0 Å². The van der Waals surface area contributed by atoms with Gasteiger partial charge in [-0.3, -0.25) is 14.4 Å². The molecule has 0 spiro atoms. The van der Waals surface area contributed by atoms with E-state index in [0.717, 1.165) is 23.2 Å². The average molecular weight is 482 g/mol. The van der Waals surface area contributed by atoms with Crippen molar-refractivity contribution in [2.75, 3.05) is 21.6 Å². The van der Waals surface area contributed by atoms with Crippen LogP contribution in [-0.2, 0) is 34.8 Å². The number of carbonyl (C=O) groups excluding carboxylic acids is 1. The molecule has 0 fully saturated rings. The quantitative estimate of drug-likeness (QED) is 0.462. The van der Waals surface area contributed by atoms with E-state index in [9.17, 15) is 13.2 Å². The van der Waals surface area contributed by atoms with Crippen LogP contribution in [0.1, 0.15) is 23.3 Å². The molecule has 0 aliphatic heterocycles. The van der Waals surface area contributed by atoms with Crippen LogP contribution in [-0.4, -0.2) is 51.3 Å². The summed E-state index contributed by atoms with van der Waals surface area (Å²) in [5.74, 6) is 0.345. The predicted octanol–water partition coefficient (Wildman–Crippen LogP) is 2.23. The van der Waals surface area contributed by atoms with Gasteiger partial charge in [0.05, 0.1) is 24.2 Å². The van der Waals surface area contributed by atoms with Crippen molar-refractivity contribution in [2.45, 2.75) is 32.0 Å². The summed E-state index contributed by atoms with van der Waals surface area (Å²) >= 11 is 2.54. The van der Waals surface area contributed by atoms with E-state index in [1.165, 1.54) is 27.4 Å². The molecule has 0 unspecified atom stereocenters. The van der Waals surface area contributed by atoms with E-state index in [1.807, 2.05) is 26.0 Å². The zero-order chi connectivity index (χ0) is 22.6. The van der Waals surface area contributed by atoms with E-state index in [0.29, 0.717) is 21.8 Å². The molecule has 13 heteroatoms. The largest absolute Gasteiger partial charge is 0.308 e. The molecule has 0 saturated heterocycles. The Hall–Kier alpha value is -2.51. The fraction of sp³-hybridized carbons (Fsp3) is 0.389. The second-order valence-corrected chi connectivity index (χ2v) is 10.7. The zero-order valence-corrected chi connectivity index (χ0v) is 20.0. The van der Waals surface area contributed by atoms with Gasteiger partial charge in [-0.15, -0.1) is 20.4 Å². The SMILES string of the molecule is CCc1nnc(NC(=O)CSc2nnc(CN(c3ccc(C)cc3)S(C)(=O)=O)n2C)s1. The van der Waals surface area contributed by atoms with Crippen molar-refractivity contribution >= 4 is 49.8 Å². The minimum atomic E-state index is -3.53. The van der Waals surface area contributed by atoms with Gasteiger partial charge in [0.1, 0.15) is 5.01 Å². The Morgan fingerprint density at radius 3 is 2.52 bits per heavy atom. The predicted molar refractivity (Wildman–Crippen MR) is 122 cm³/mol. The van der Waals surface area contributed by atoms with Crippen molar-refractivity contribution in [1.29, 1.82) is 0 Å². The number of sulfonamides is 1. The maximum atomic E-state index is 12.4. The molecule has 2 aromatic heterocycles. The second-order valence-electron chi connectivity index (χ2n) is 6.75. The van der Waals surface area contributed by atoms with Gasteiger partial charge in [0.2, 0.25) is 21.1 Å². The van der Waals surface area contributed by atoms with Crippen LogP contribution < -0.4 is 9.62 Å². The van der Waals surface area contributed by atoms with E-state index in [4.69, 9.17) is 0 Å². The van der Waals surface area contributed by atoms with Crippen molar-refractivity contribution in [3.05, 3.63) is 40.7 Å². The zero-order valence-electron chi connectivity index (χ0n) is 17.6. The van der Waals surface area contributed by atoms with Crippen LogP contribution in [0.4, 0.5) is 10.8 Å². The number of carbonyl (C=O) groups is 1. The highest BCUT2D eigenvalue weighted by atomic mass is 32.2. The number of thioether (sulfide) groups is 1. The van der Waals surface area contributed by atoms with Gasteiger partial charge in [0.25, 0.3) is 0 Å². The minimum absolute atomic E-state index is 0.0305. The van der Waals surface area contributed by atoms with Gasteiger partial charge in [-0.1, -0.05) is 47.7 Å². The lowest BCUT2D eigenvalue weighted by molar-refractivity contribution is -0.113. The van der Waals surface area contributed by atoms with Crippen LogP contribution in [0.25, 0.3) is 0 Å². The molecule has 0 aliphatic rings. The normalized spacial score (nSPS) is 11.5. The molecule has 10 nitrogen and oxygen atoms in total. The molecule has 2 heterocycles. The first-order chi connectivity index (χ1) is 14.7. The van der Waals surface area contributed by atoms with E-state index >= 15 is 0 Å². The van der Waals surface area contributed by atoms with Gasteiger partial charge in [-0.25, -0.2) is 8.42 Å². The molecule has 166 valence electrons. The highest BCUT2D eigenvalue weighted by Gasteiger charge is 2.21. The lowest BCUT2D eigenvalue weighted by atomic mass is 10.2. The highest BCUT2D eigenvalue weighted by Crippen LogP contribution is 2.23. The molecular formula is C18H23N7O3S3. The van der Waals surface area contributed by atoms with Gasteiger partial charge in [-0.05, 0) is 25.5 Å². The second kappa shape index (κ2) is 9.75. The summed E-state index contributed by atoms with van der Waals surface area (Å²) in [6.45, 7) is 3.94. The average Bonchev–Trinajstić information content (AvgIpc) is 3.31. The first kappa shape index (κ1) is 23.2. The van der Waals surface area contributed by atoms with Crippen molar-refractivity contribution in [1.82, 2.24) is 25.0 Å². The first-order valence-electron chi connectivity index (χ1n) is 9.35. The molecule has 1 amide bonds. The van der Waals surface area contributed by atoms with Gasteiger partial charge >= 0.3 is 0 Å². The third-order valence-electron chi connectivity index (χ3n) is 4.28. The van der Waals surface area contributed by atoms with E-state index in [2.05, 4.69) is 25.7 Å². The number of hydrogen-bond donors (Lipinski definition) is 1. The van der Waals surface area contributed by atoms with Gasteiger partial charge < -0.3 is 4.57 Å². The summed E-state index contributed by atoms with van der Waals surface area (Å²) in [5.41, 5.74) is 1.58. The lowest BCUT2D eigenvalue weighted by Crippen LogP contribution is -2.30. The number of anilines is 2. The van der Waals surface area contributed by atoms with Crippen LogP contribution in [0.5, 0.6) is 0 Å². The number of amides is 1. The molecule has 0 atom stereocenters. The summed E-state index contributed by atoms with van der Waals surface area (Å²) in [6.07, 6.45) is 1.91. The molecule has 0 aliphatic carbocycles. The van der Waals surface area contributed by atoms with Crippen LogP contribution in [0.3, 0.4) is 0 Å². The Bertz CT molecular complexity index is 1160. The Kier molecular flexibility index (Phi) is 7.28. The van der Waals surface area contributed by atoms with Crippen molar-refractivity contribution in [3.63, 3.8) is 0 Å². The van der Waals surface area contributed by atoms with Crippen LogP contribution in [0.15, 0.2) is 29.4 Å². The monoisotopic (exact) mass is 481 g/mol. The number of aryl methyl sites for hydroxylation is 2. The molecule has 1 aromatic carbocycles. The lowest BCUT2D eigenvalue weighted by Gasteiger charge is -2.22. The first-order valence-corrected chi connectivity index (χ1v) is 13.0. The Balaban J connectivity index is 1.67. The maximum Gasteiger partial charge on any atom is 0.236 e. The third kappa shape index (κ3) is 6.02.